The van der Waals surface area contributed by atoms with Crippen LogP contribution in [-0.4, -0.2) is 23.7 Å². The van der Waals surface area contributed by atoms with Gasteiger partial charge in [-0.25, -0.2) is 0 Å². The van der Waals surface area contributed by atoms with Gasteiger partial charge in [0.15, 0.2) is 5.92 Å². The zero-order valence-electron chi connectivity index (χ0n) is 8.78. The third-order valence-corrected chi connectivity index (χ3v) is 1.98. The summed E-state index contributed by atoms with van der Waals surface area (Å²) < 4.78 is 4.84. The fraction of sp³-hybridized carbons (Fsp3) is 0.800. The lowest BCUT2D eigenvalue weighted by Crippen LogP contribution is -2.25. The van der Waals surface area contributed by atoms with Gasteiger partial charge < -0.3 is 9.84 Å². The van der Waals surface area contributed by atoms with Gasteiger partial charge in [0.25, 0.3) is 0 Å². The number of carbonyl (C=O) groups is 2. The Kier molecular flexibility index (Phi) is 6.80. The zero-order chi connectivity index (χ0) is 11.0. The third kappa shape index (κ3) is 4.84. The minimum absolute atomic E-state index is 0.280. The molecular formula is C10H18O4. The molecule has 0 aliphatic carbocycles. The Balaban J connectivity index is 3.76. The highest BCUT2D eigenvalue weighted by Crippen LogP contribution is 2.06. The highest BCUT2D eigenvalue weighted by Gasteiger charge is 2.25. The molecule has 0 amide bonds. The number of rotatable bonds is 7. The van der Waals surface area contributed by atoms with Crippen molar-refractivity contribution in [3.05, 3.63) is 0 Å². The Morgan fingerprint density at radius 2 is 1.93 bits per heavy atom. The van der Waals surface area contributed by atoms with Crippen molar-refractivity contribution in [3.8, 4) is 0 Å². The normalized spacial score (nSPS) is 12.1. The summed E-state index contributed by atoms with van der Waals surface area (Å²) in [5.41, 5.74) is 0. The van der Waals surface area contributed by atoms with E-state index in [4.69, 9.17) is 9.84 Å². The van der Waals surface area contributed by atoms with Gasteiger partial charge in [-0.1, -0.05) is 26.7 Å². The molecule has 0 spiro atoms. The minimum Gasteiger partial charge on any atom is -0.481 e. The SMILES string of the molecule is CCCCCOC(=O)C(CC)C(=O)O. The van der Waals surface area contributed by atoms with Gasteiger partial charge in [0.2, 0.25) is 0 Å². The molecule has 0 saturated heterocycles. The summed E-state index contributed by atoms with van der Waals surface area (Å²) in [5, 5.41) is 8.65. The van der Waals surface area contributed by atoms with Gasteiger partial charge in [-0.3, -0.25) is 9.59 Å². The zero-order valence-corrected chi connectivity index (χ0v) is 8.78. The smallest absolute Gasteiger partial charge is 0.320 e. The first-order valence-electron chi connectivity index (χ1n) is 5.02. The van der Waals surface area contributed by atoms with Gasteiger partial charge in [-0.05, 0) is 12.8 Å². The van der Waals surface area contributed by atoms with Gasteiger partial charge >= 0.3 is 11.9 Å². The van der Waals surface area contributed by atoms with E-state index in [1.165, 1.54) is 0 Å². The van der Waals surface area contributed by atoms with Crippen LogP contribution in [0.15, 0.2) is 0 Å². The van der Waals surface area contributed by atoms with Crippen molar-refractivity contribution in [1.29, 1.82) is 0 Å². The molecule has 1 atom stereocenters. The van der Waals surface area contributed by atoms with Gasteiger partial charge in [-0.15, -0.1) is 0 Å². The van der Waals surface area contributed by atoms with E-state index >= 15 is 0 Å². The van der Waals surface area contributed by atoms with Crippen molar-refractivity contribution in [1.82, 2.24) is 0 Å². The van der Waals surface area contributed by atoms with Gasteiger partial charge in [0.05, 0.1) is 6.61 Å². The molecule has 0 aromatic heterocycles. The van der Waals surface area contributed by atoms with Crippen molar-refractivity contribution in [2.45, 2.75) is 39.5 Å². The maximum absolute atomic E-state index is 11.2. The molecule has 4 heteroatoms. The quantitative estimate of drug-likeness (QED) is 0.388. The molecule has 0 aliphatic rings. The number of hydrogen-bond donors (Lipinski definition) is 1. The summed E-state index contributed by atoms with van der Waals surface area (Å²) in [6, 6.07) is 0. The van der Waals surface area contributed by atoms with E-state index in [0.29, 0.717) is 6.61 Å². The summed E-state index contributed by atoms with van der Waals surface area (Å²) in [6.07, 6.45) is 3.13. The Hall–Kier alpha value is -1.06. The van der Waals surface area contributed by atoms with Crippen LogP contribution in [0.25, 0.3) is 0 Å². The van der Waals surface area contributed by atoms with E-state index in [9.17, 15) is 9.59 Å². The van der Waals surface area contributed by atoms with Crippen molar-refractivity contribution in [2.24, 2.45) is 5.92 Å². The van der Waals surface area contributed by atoms with Gasteiger partial charge in [-0.2, -0.15) is 0 Å². The molecule has 0 aromatic rings. The first-order valence-corrected chi connectivity index (χ1v) is 5.02. The first kappa shape index (κ1) is 12.9. The molecule has 0 fully saturated rings. The number of carboxylic acids is 1. The van der Waals surface area contributed by atoms with Crippen LogP contribution in [0.2, 0.25) is 0 Å². The second-order valence-electron chi connectivity index (χ2n) is 3.17. The van der Waals surface area contributed by atoms with Crippen LogP contribution in [0.5, 0.6) is 0 Å². The maximum Gasteiger partial charge on any atom is 0.320 e. The lowest BCUT2D eigenvalue weighted by Gasteiger charge is -2.09. The number of carboxylic acid groups (broad SMARTS) is 1. The average molecular weight is 202 g/mol. The molecule has 0 aromatic carbocycles. The lowest BCUT2D eigenvalue weighted by atomic mass is 10.1. The molecule has 0 heterocycles. The summed E-state index contributed by atoms with van der Waals surface area (Å²) in [5.74, 6) is -2.72. The second-order valence-corrected chi connectivity index (χ2v) is 3.17. The van der Waals surface area contributed by atoms with E-state index in [2.05, 4.69) is 0 Å². The molecule has 0 saturated carbocycles. The molecule has 4 nitrogen and oxygen atoms in total. The summed E-state index contributed by atoms with van der Waals surface area (Å²) >= 11 is 0. The van der Waals surface area contributed by atoms with E-state index in [1.54, 1.807) is 6.92 Å². The predicted molar refractivity (Wildman–Crippen MR) is 51.9 cm³/mol. The number of carbonyl (C=O) groups excluding carboxylic acids is 1. The number of esters is 1. The van der Waals surface area contributed by atoms with Crippen LogP contribution in [0.3, 0.4) is 0 Å². The molecule has 1 unspecified atom stereocenters. The fourth-order valence-corrected chi connectivity index (χ4v) is 1.07. The fourth-order valence-electron chi connectivity index (χ4n) is 1.07. The summed E-state index contributed by atoms with van der Waals surface area (Å²) in [7, 11) is 0. The molecular weight excluding hydrogens is 184 g/mol. The molecule has 0 bridgehead atoms. The summed E-state index contributed by atoms with van der Waals surface area (Å²) in [4.78, 5) is 21.7. The molecule has 82 valence electrons. The van der Waals surface area contributed by atoms with Crippen LogP contribution in [-0.2, 0) is 14.3 Å². The largest absolute Gasteiger partial charge is 0.481 e. The minimum atomic E-state index is -1.10. The van der Waals surface area contributed by atoms with Crippen LogP contribution >= 0.6 is 0 Å². The predicted octanol–water partition coefficient (Wildman–Crippen LogP) is 1.83. The molecule has 0 rings (SSSR count). The highest BCUT2D eigenvalue weighted by atomic mass is 16.5. The number of ether oxygens (including phenoxy) is 1. The first-order chi connectivity index (χ1) is 6.63. The van der Waals surface area contributed by atoms with Crippen molar-refractivity contribution >= 4 is 11.9 Å². The van der Waals surface area contributed by atoms with Crippen molar-refractivity contribution in [2.75, 3.05) is 6.61 Å². The molecule has 1 N–H and O–H groups in total. The Morgan fingerprint density at radius 1 is 1.29 bits per heavy atom. The Morgan fingerprint density at radius 3 is 2.36 bits per heavy atom. The second kappa shape index (κ2) is 7.35. The van der Waals surface area contributed by atoms with Gasteiger partial charge in [0, 0.05) is 0 Å². The van der Waals surface area contributed by atoms with E-state index < -0.39 is 17.9 Å². The third-order valence-electron chi connectivity index (χ3n) is 1.98. The maximum atomic E-state index is 11.2. The standard InChI is InChI=1S/C10H18O4/c1-3-5-6-7-14-10(13)8(4-2)9(11)12/h8H,3-7H2,1-2H3,(H,11,12). The monoisotopic (exact) mass is 202 g/mol. The van der Waals surface area contributed by atoms with Crippen molar-refractivity contribution < 1.29 is 19.4 Å². The Labute approximate surface area is 84.3 Å². The lowest BCUT2D eigenvalue weighted by molar-refractivity contribution is -0.158. The van der Waals surface area contributed by atoms with E-state index in [0.717, 1.165) is 19.3 Å². The number of aliphatic carboxylic acids is 1. The topological polar surface area (TPSA) is 63.6 Å². The Bertz CT molecular complexity index is 189. The summed E-state index contributed by atoms with van der Waals surface area (Å²) in [6.45, 7) is 4.04. The number of hydrogen-bond acceptors (Lipinski definition) is 3. The molecule has 0 aliphatic heterocycles. The van der Waals surface area contributed by atoms with Crippen LogP contribution in [0, 0.1) is 5.92 Å². The van der Waals surface area contributed by atoms with Crippen LogP contribution in [0.1, 0.15) is 39.5 Å². The van der Waals surface area contributed by atoms with Crippen LogP contribution in [0.4, 0.5) is 0 Å². The highest BCUT2D eigenvalue weighted by molar-refractivity contribution is 5.93. The average Bonchev–Trinajstić information content (AvgIpc) is 2.13. The van der Waals surface area contributed by atoms with Gasteiger partial charge in [0.1, 0.15) is 0 Å². The van der Waals surface area contributed by atoms with E-state index in [1.807, 2.05) is 6.92 Å². The molecule has 14 heavy (non-hydrogen) atoms. The molecule has 0 radical (unpaired) electrons. The van der Waals surface area contributed by atoms with Crippen LogP contribution < -0.4 is 0 Å². The van der Waals surface area contributed by atoms with Crippen molar-refractivity contribution in [3.63, 3.8) is 0 Å². The number of unbranched alkanes of at least 4 members (excludes halogenated alkanes) is 2. The van der Waals surface area contributed by atoms with E-state index in [-0.39, 0.29) is 6.42 Å².